The number of benzene rings is 3. The van der Waals surface area contributed by atoms with Crippen LogP contribution in [0.1, 0.15) is 59.9 Å². The lowest BCUT2D eigenvalue weighted by molar-refractivity contribution is -0.140. The minimum absolute atomic E-state index is 0.150. The molecule has 1 saturated heterocycles. The fraction of sp³-hybridized carbons (Fsp3) is 0.382. The zero-order valence-electron chi connectivity index (χ0n) is 23.0. The summed E-state index contributed by atoms with van der Waals surface area (Å²) >= 11 is 0. The van der Waals surface area contributed by atoms with E-state index in [0.717, 1.165) is 54.9 Å². The maximum atomic E-state index is 11.8. The molecule has 0 N–H and O–H groups in total. The van der Waals surface area contributed by atoms with Crippen molar-refractivity contribution < 1.29 is 23.7 Å². The smallest absolute Gasteiger partial charge is 0.307 e. The van der Waals surface area contributed by atoms with Gasteiger partial charge in [0.25, 0.3) is 0 Å². The summed E-state index contributed by atoms with van der Waals surface area (Å²) in [4.78, 5) is 11.8. The number of carbonyl (C=O) groups excluding carboxylic acids is 1. The van der Waals surface area contributed by atoms with Crippen molar-refractivity contribution in [2.45, 2.75) is 64.6 Å². The van der Waals surface area contributed by atoms with Crippen molar-refractivity contribution in [3.8, 4) is 34.5 Å². The Morgan fingerprint density at radius 2 is 1.87 bits per heavy atom. The van der Waals surface area contributed by atoms with Crippen LogP contribution >= 0.6 is 0 Å². The van der Waals surface area contributed by atoms with Crippen molar-refractivity contribution in [3.63, 3.8) is 0 Å². The molecule has 2 atom stereocenters. The van der Waals surface area contributed by atoms with E-state index in [-0.39, 0.29) is 24.4 Å². The van der Waals surface area contributed by atoms with Gasteiger partial charge in [0.15, 0.2) is 0 Å². The van der Waals surface area contributed by atoms with Crippen LogP contribution in [-0.4, -0.2) is 32.4 Å². The average Bonchev–Trinajstić information content (AvgIpc) is 3.38. The van der Waals surface area contributed by atoms with Gasteiger partial charge in [-0.3, -0.25) is 4.79 Å². The Bertz CT molecular complexity index is 1370. The van der Waals surface area contributed by atoms with Gasteiger partial charge in [-0.05, 0) is 102 Å². The predicted molar refractivity (Wildman–Crippen MR) is 152 cm³/mol. The highest BCUT2D eigenvalue weighted by Crippen LogP contribution is 2.38. The molecule has 3 aromatic rings. The first-order valence-electron chi connectivity index (χ1n) is 13.8. The van der Waals surface area contributed by atoms with Crippen LogP contribution < -0.4 is 9.47 Å². The highest BCUT2D eigenvalue weighted by Gasteiger charge is 2.21. The molecule has 39 heavy (non-hydrogen) atoms. The van der Waals surface area contributed by atoms with Gasteiger partial charge in [-0.1, -0.05) is 30.2 Å². The lowest BCUT2D eigenvalue weighted by Crippen LogP contribution is -2.16. The van der Waals surface area contributed by atoms with Gasteiger partial charge in [0.05, 0.1) is 32.7 Å². The number of rotatable bonds is 8. The van der Waals surface area contributed by atoms with Crippen LogP contribution in [0.25, 0.3) is 11.1 Å². The standard InChI is InChI=1S/C34H36O5/c1-4-6-27(20-33(35)36-3)25-11-13-29(14-12-25)38-21-24-9-10-26-7-5-8-28-19-31(39-30-15-16-37-22-30)17-23(2)34(28)32(26)18-24/h9-14,17-19,27,30H,5,7-8,15-16,20-22H2,1-3H3/t27?,30-/m1/s1. The van der Waals surface area contributed by atoms with Gasteiger partial charge in [0.2, 0.25) is 0 Å². The zero-order chi connectivity index (χ0) is 27.2. The molecule has 0 spiro atoms. The number of hydrogen-bond donors (Lipinski definition) is 0. The zero-order valence-corrected chi connectivity index (χ0v) is 23.0. The summed E-state index contributed by atoms with van der Waals surface area (Å²) in [5.74, 6) is 7.29. The van der Waals surface area contributed by atoms with Gasteiger partial charge < -0.3 is 18.9 Å². The van der Waals surface area contributed by atoms with Crippen LogP contribution in [0.2, 0.25) is 0 Å². The molecule has 1 aliphatic carbocycles. The van der Waals surface area contributed by atoms with E-state index in [1.165, 1.54) is 34.9 Å². The molecular formula is C34H36O5. The van der Waals surface area contributed by atoms with Gasteiger partial charge in [0.1, 0.15) is 24.2 Å². The first-order valence-corrected chi connectivity index (χ1v) is 13.8. The van der Waals surface area contributed by atoms with E-state index in [1.807, 2.05) is 24.3 Å². The third kappa shape index (κ3) is 6.46. The number of carbonyl (C=O) groups is 1. The first kappa shape index (κ1) is 26.8. The molecule has 202 valence electrons. The lowest BCUT2D eigenvalue weighted by Gasteiger charge is -2.18. The summed E-state index contributed by atoms with van der Waals surface area (Å²) in [6.45, 7) is 5.89. The topological polar surface area (TPSA) is 54.0 Å². The van der Waals surface area contributed by atoms with E-state index in [1.54, 1.807) is 6.92 Å². The summed E-state index contributed by atoms with van der Waals surface area (Å²) in [6, 6.07) is 19.0. The van der Waals surface area contributed by atoms with Crippen molar-refractivity contribution in [2.24, 2.45) is 0 Å². The minimum atomic E-state index is -0.268. The molecule has 1 fully saturated rings. The Balaban J connectivity index is 1.32. The van der Waals surface area contributed by atoms with Crippen LogP contribution in [0.3, 0.4) is 0 Å². The number of fused-ring (bicyclic) bond motifs is 3. The molecule has 0 aromatic heterocycles. The van der Waals surface area contributed by atoms with E-state index in [0.29, 0.717) is 13.2 Å². The summed E-state index contributed by atoms with van der Waals surface area (Å²) in [7, 11) is 1.40. The highest BCUT2D eigenvalue weighted by molar-refractivity contribution is 5.76. The molecule has 2 aliphatic rings. The van der Waals surface area contributed by atoms with E-state index in [4.69, 9.17) is 18.9 Å². The Labute approximate surface area is 231 Å². The second-order valence-corrected chi connectivity index (χ2v) is 10.3. The third-order valence-electron chi connectivity index (χ3n) is 7.52. The van der Waals surface area contributed by atoms with Crippen molar-refractivity contribution >= 4 is 5.97 Å². The predicted octanol–water partition coefficient (Wildman–Crippen LogP) is 6.57. The van der Waals surface area contributed by atoms with Crippen molar-refractivity contribution in [2.75, 3.05) is 20.3 Å². The van der Waals surface area contributed by atoms with Crippen molar-refractivity contribution in [1.82, 2.24) is 0 Å². The van der Waals surface area contributed by atoms with E-state index in [2.05, 4.69) is 49.1 Å². The first-order chi connectivity index (χ1) is 19.0. The van der Waals surface area contributed by atoms with Crippen molar-refractivity contribution in [1.29, 1.82) is 0 Å². The maximum Gasteiger partial charge on any atom is 0.307 e. The summed E-state index contributed by atoms with van der Waals surface area (Å²) < 4.78 is 22.7. The van der Waals surface area contributed by atoms with E-state index < -0.39 is 0 Å². The maximum absolute atomic E-state index is 11.8. The van der Waals surface area contributed by atoms with Gasteiger partial charge in [0, 0.05) is 6.42 Å². The molecular weight excluding hydrogens is 488 g/mol. The average molecular weight is 525 g/mol. The molecule has 5 rings (SSSR count). The number of aryl methyl sites for hydroxylation is 3. The molecule has 1 heterocycles. The Kier molecular flexibility index (Phi) is 8.54. The second kappa shape index (κ2) is 12.4. The molecule has 0 radical (unpaired) electrons. The number of methoxy groups -OCH3 is 1. The number of esters is 1. The molecule has 1 aliphatic heterocycles. The number of ether oxygens (including phenoxy) is 4. The molecule has 5 nitrogen and oxygen atoms in total. The third-order valence-corrected chi connectivity index (χ3v) is 7.52. The Morgan fingerprint density at radius 1 is 1.05 bits per heavy atom. The molecule has 0 amide bonds. The molecule has 0 bridgehead atoms. The van der Waals surface area contributed by atoms with Crippen LogP contribution in [0.15, 0.2) is 54.6 Å². The normalized spacial score (nSPS) is 16.6. The minimum Gasteiger partial charge on any atom is -0.489 e. The Hall–Kier alpha value is -3.75. The monoisotopic (exact) mass is 524 g/mol. The van der Waals surface area contributed by atoms with Crippen LogP contribution in [0, 0.1) is 18.8 Å². The number of hydrogen-bond acceptors (Lipinski definition) is 5. The van der Waals surface area contributed by atoms with E-state index in [9.17, 15) is 4.79 Å². The molecule has 0 saturated carbocycles. The van der Waals surface area contributed by atoms with Crippen LogP contribution in [-0.2, 0) is 33.7 Å². The molecule has 1 unspecified atom stereocenters. The second-order valence-electron chi connectivity index (χ2n) is 10.3. The summed E-state index contributed by atoms with van der Waals surface area (Å²) in [5, 5.41) is 0. The summed E-state index contributed by atoms with van der Waals surface area (Å²) in [6.07, 6.45) is 4.56. The van der Waals surface area contributed by atoms with Crippen LogP contribution in [0.5, 0.6) is 11.5 Å². The summed E-state index contributed by atoms with van der Waals surface area (Å²) in [5.41, 5.74) is 8.73. The van der Waals surface area contributed by atoms with E-state index >= 15 is 0 Å². The van der Waals surface area contributed by atoms with Gasteiger partial charge in [-0.15, -0.1) is 5.92 Å². The molecule has 5 heteroatoms. The Morgan fingerprint density at radius 3 is 2.62 bits per heavy atom. The quantitative estimate of drug-likeness (QED) is 0.247. The highest BCUT2D eigenvalue weighted by atomic mass is 16.5. The fourth-order valence-electron chi connectivity index (χ4n) is 5.55. The lowest BCUT2D eigenvalue weighted by atomic mass is 9.91. The van der Waals surface area contributed by atoms with Crippen molar-refractivity contribution in [3.05, 3.63) is 82.4 Å². The molecule has 3 aromatic carbocycles. The van der Waals surface area contributed by atoms with Gasteiger partial charge >= 0.3 is 5.97 Å². The van der Waals surface area contributed by atoms with Gasteiger partial charge in [-0.2, -0.15) is 0 Å². The fourth-order valence-corrected chi connectivity index (χ4v) is 5.55. The SMILES string of the molecule is CC#CC(CC(=O)OC)c1ccc(OCc2ccc3c(c2)-c2c(C)cc(O[C@@H]4CCOC4)cc2CCC3)cc1. The van der Waals surface area contributed by atoms with Crippen LogP contribution in [0.4, 0.5) is 0 Å². The van der Waals surface area contributed by atoms with Gasteiger partial charge in [-0.25, -0.2) is 0 Å². The largest absolute Gasteiger partial charge is 0.489 e.